The molecule has 3 heteroatoms. The van der Waals surface area contributed by atoms with Gasteiger partial charge >= 0.3 is 0 Å². The summed E-state index contributed by atoms with van der Waals surface area (Å²) in [5, 5.41) is 12.9. The Morgan fingerprint density at radius 2 is 1.48 bits per heavy atom. The molecule has 0 amide bonds. The highest BCUT2D eigenvalue weighted by atomic mass is 16.3. The van der Waals surface area contributed by atoms with Crippen molar-refractivity contribution in [3.8, 4) is 0 Å². The largest absolute Gasteiger partial charge is 0.388 e. The van der Waals surface area contributed by atoms with E-state index in [1.807, 2.05) is 30.5 Å². The predicted molar refractivity (Wildman–Crippen MR) is 94.5 cm³/mol. The minimum atomic E-state index is -0.420. The van der Waals surface area contributed by atoms with E-state index in [2.05, 4.69) is 40.4 Å². The zero-order valence-electron chi connectivity index (χ0n) is 12.9. The fraction of sp³-hybridized carbons (Fsp3) is 0.200. The number of hydrogen-bond acceptors (Lipinski definition) is 1. The van der Waals surface area contributed by atoms with E-state index < -0.39 is 6.10 Å². The lowest BCUT2D eigenvalue weighted by Crippen LogP contribution is -1.97. The summed E-state index contributed by atoms with van der Waals surface area (Å²) in [5.41, 5.74) is 4.59. The van der Waals surface area contributed by atoms with E-state index in [0.29, 0.717) is 0 Å². The van der Waals surface area contributed by atoms with Gasteiger partial charge in [0.05, 0.1) is 6.10 Å². The van der Waals surface area contributed by atoms with Crippen molar-refractivity contribution in [2.45, 2.75) is 25.4 Å². The van der Waals surface area contributed by atoms with E-state index in [9.17, 15) is 5.11 Å². The van der Waals surface area contributed by atoms with Crippen LogP contribution in [0.3, 0.4) is 0 Å². The molecule has 23 heavy (non-hydrogen) atoms. The lowest BCUT2D eigenvalue weighted by molar-refractivity contribution is 0.166. The van der Waals surface area contributed by atoms with Crippen LogP contribution in [0.1, 0.15) is 30.1 Å². The molecule has 0 bridgehead atoms. The maximum absolute atomic E-state index is 10.5. The molecule has 2 aromatic heterocycles. The van der Waals surface area contributed by atoms with Crippen molar-refractivity contribution >= 4 is 21.8 Å². The molecule has 0 aliphatic carbocycles. The molecule has 0 aliphatic heterocycles. The lowest BCUT2D eigenvalue weighted by atomic mass is 10.0. The molecule has 0 saturated carbocycles. The van der Waals surface area contributed by atoms with Gasteiger partial charge in [0.1, 0.15) is 0 Å². The smallest absolute Gasteiger partial charge is 0.0810 e. The van der Waals surface area contributed by atoms with Gasteiger partial charge in [-0.1, -0.05) is 36.4 Å². The standard InChI is InChI=1S/C20H20N2O/c23-20(17-13-22-19-10-4-2-8-16(17)19)11-5-6-14-12-21-18-9-3-1-7-15(14)18/h1-4,7-10,12-13,20-23H,5-6,11H2. The summed E-state index contributed by atoms with van der Waals surface area (Å²) in [6.45, 7) is 0. The average Bonchev–Trinajstić information content (AvgIpc) is 3.19. The van der Waals surface area contributed by atoms with E-state index >= 15 is 0 Å². The minimum Gasteiger partial charge on any atom is -0.388 e. The molecule has 1 unspecified atom stereocenters. The number of fused-ring (bicyclic) bond motifs is 2. The third-order valence-corrected chi connectivity index (χ3v) is 4.58. The van der Waals surface area contributed by atoms with Crippen LogP contribution in [0.5, 0.6) is 0 Å². The Bertz CT molecular complexity index is 935. The van der Waals surface area contributed by atoms with Crippen molar-refractivity contribution in [1.29, 1.82) is 0 Å². The maximum atomic E-state index is 10.5. The van der Waals surface area contributed by atoms with Gasteiger partial charge in [0.2, 0.25) is 0 Å². The number of aliphatic hydroxyl groups excluding tert-OH is 1. The highest BCUT2D eigenvalue weighted by Crippen LogP contribution is 2.28. The molecule has 0 aliphatic rings. The van der Waals surface area contributed by atoms with E-state index in [4.69, 9.17) is 0 Å². The Morgan fingerprint density at radius 1 is 0.826 bits per heavy atom. The van der Waals surface area contributed by atoms with Crippen LogP contribution in [0.25, 0.3) is 21.8 Å². The zero-order chi connectivity index (χ0) is 15.6. The zero-order valence-corrected chi connectivity index (χ0v) is 12.9. The van der Waals surface area contributed by atoms with Crippen LogP contribution in [0.15, 0.2) is 60.9 Å². The molecule has 116 valence electrons. The number of aliphatic hydroxyl groups is 1. The number of H-pyrrole nitrogens is 2. The van der Waals surface area contributed by atoms with Crippen LogP contribution in [0, 0.1) is 0 Å². The molecule has 3 N–H and O–H groups in total. The summed E-state index contributed by atoms with van der Waals surface area (Å²) < 4.78 is 0. The molecule has 2 heterocycles. The topological polar surface area (TPSA) is 51.8 Å². The highest BCUT2D eigenvalue weighted by Gasteiger charge is 2.13. The van der Waals surface area contributed by atoms with Crippen molar-refractivity contribution in [2.24, 2.45) is 0 Å². The molecular weight excluding hydrogens is 284 g/mol. The van der Waals surface area contributed by atoms with Crippen LogP contribution >= 0.6 is 0 Å². The summed E-state index contributed by atoms with van der Waals surface area (Å²) in [6, 6.07) is 16.5. The Balaban J connectivity index is 1.45. The van der Waals surface area contributed by atoms with Crippen molar-refractivity contribution in [1.82, 2.24) is 9.97 Å². The van der Waals surface area contributed by atoms with Crippen molar-refractivity contribution in [2.75, 3.05) is 0 Å². The Kier molecular flexibility index (Phi) is 3.64. The number of para-hydroxylation sites is 2. The van der Waals surface area contributed by atoms with Crippen LogP contribution in [-0.2, 0) is 6.42 Å². The molecule has 1 atom stereocenters. The van der Waals surface area contributed by atoms with Gasteiger partial charge in [0.15, 0.2) is 0 Å². The minimum absolute atomic E-state index is 0.420. The molecule has 4 rings (SSSR count). The number of aromatic nitrogens is 2. The Hall–Kier alpha value is -2.52. The third kappa shape index (κ3) is 2.64. The van der Waals surface area contributed by atoms with Gasteiger partial charge in [0, 0.05) is 39.8 Å². The van der Waals surface area contributed by atoms with Crippen LogP contribution in [-0.4, -0.2) is 15.1 Å². The number of aromatic amines is 2. The van der Waals surface area contributed by atoms with E-state index in [-0.39, 0.29) is 0 Å². The first-order valence-electron chi connectivity index (χ1n) is 8.12. The first kappa shape index (κ1) is 14.1. The second-order valence-corrected chi connectivity index (χ2v) is 6.06. The van der Waals surface area contributed by atoms with Crippen molar-refractivity contribution < 1.29 is 5.11 Å². The van der Waals surface area contributed by atoms with Gasteiger partial charge in [-0.25, -0.2) is 0 Å². The first-order valence-corrected chi connectivity index (χ1v) is 8.12. The maximum Gasteiger partial charge on any atom is 0.0810 e. The molecular formula is C20H20N2O. The van der Waals surface area contributed by atoms with Crippen LogP contribution < -0.4 is 0 Å². The molecule has 2 aromatic carbocycles. The highest BCUT2D eigenvalue weighted by molar-refractivity contribution is 5.84. The van der Waals surface area contributed by atoms with Gasteiger partial charge in [-0.05, 0) is 37.0 Å². The number of aryl methyl sites for hydroxylation is 1. The summed E-state index contributed by atoms with van der Waals surface area (Å²) in [7, 11) is 0. The quantitative estimate of drug-likeness (QED) is 0.491. The summed E-state index contributed by atoms with van der Waals surface area (Å²) in [5.74, 6) is 0. The van der Waals surface area contributed by atoms with Gasteiger partial charge in [-0.2, -0.15) is 0 Å². The van der Waals surface area contributed by atoms with Gasteiger partial charge in [-0.15, -0.1) is 0 Å². The number of rotatable bonds is 5. The van der Waals surface area contributed by atoms with Crippen molar-refractivity contribution in [3.05, 3.63) is 72.1 Å². The van der Waals surface area contributed by atoms with Crippen molar-refractivity contribution in [3.63, 3.8) is 0 Å². The predicted octanol–water partition coefficient (Wildman–Crippen LogP) is 4.71. The van der Waals surface area contributed by atoms with Gasteiger partial charge in [0.25, 0.3) is 0 Å². The summed E-state index contributed by atoms with van der Waals surface area (Å²) >= 11 is 0. The molecule has 4 aromatic rings. The monoisotopic (exact) mass is 304 g/mol. The molecule has 0 saturated heterocycles. The Morgan fingerprint density at radius 3 is 2.30 bits per heavy atom. The SMILES string of the molecule is OC(CCCc1c[nH]c2ccccc12)c1c[nH]c2ccccc12. The van der Waals surface area contributed by atoms with Crippen LogP contribution in [0.4, 0.5) is 0 Å². The van der Waals surface area contributed by atoms with E-state index in [0.717, 1.165) is 35.7 Å². The summed E-state index contributed by atoms with van der Waals surface area (Å²) in [4.78, 5) is 6.54. The van der Waals surface area contributed by atoms with Crippen LogP contribution in [0.2, 0.25) is 0 Å². The fourth-order valence-corrected chi connectivity index (χ4v) is 3.35. The number of nitrogens with one attached hydrogen (secondary N) is 2. The first-order chi connectivity index (χ1) is 11.3. The number of hydrogen-bond donors (Lipinski definition) is 3. The van der Waals surface area contributed by atoms with Gasteiger partial charge in [-0.3, -0.25) is 0 Å². The fourth-order valence-electron chi connectivity index (χ4n) is 3.35. The summed E-state index contributed by atoms with van der Waals surface area (Å²) in [6.07, 6.45) is 6.30. The molecule has 3 nitrogen and oxygen atoms in total. The molecule has 0 spiro atoms. The average molecular weight is 304 g/mol. The second kappa shape index (κ2) is 5.94. The lowest BCUT2D eigenvalue weighted by Gasteiger charge is -2.09. The molecule has 0 radical (unpaired) electrons. The number of benzene rings is 2. The second-order valence-electron chi connectivity index (χ2n) is 6.06. The third-order valence-electron chi connectivity index (χ3n) is 4.58. The Labute approximate surface area is 135 Å². The normalized spacial score (nSPS) is 12.9. The van der Waals surface area contributed by atoms with E-state index in [1.165, 1.54) is 16.5 Å². The molecule has 0 fully saturated rings. The van der Waals surface area contributed by atoms with E-state index in [1.54, 1.807) is 0 Å². The van der Waals surface area contributed by atoms with Gasteiger partial charge < -0.3 is 15.1 Å².